The van der Waals surface area contributed by atoms with Gasteiger partial charge < -0.3 is 15.8 Å². The van der Waals surface area contributed by atoms with Crippen LogP contribution in [0, 0.1) is 22.7 Å². The Balaban J connectivity index is 1.63. The van der Waals surface area contributed by atoms with E-state index < -0.39 is 11.3 Å². The van der Waals surface area contributed by atoms with Gasteiger partial charge in [-0.3, -0.25) is 13.9 Å². The Hall–Kier alpha value is -4.91. The predicted molar refractivity (Wildman–Crippen MR) is 149 cm³/mol. The number of allylic oxidation sites excluding steroid dienone is 1. The SMILES string of the molecule is CC(C)C=C(C#N)C(=O)NCC(C)(C)Cn1c(=O)n(-c2ccc(Oc3ccccc3)cc2)c2c(N)ncnc21. The third kappa shape index (κ3) is 6.15. The van der Waals surface area contributed by atoms with Crippen LogP contribution in [0.25, 0.3) is 16.9 Å². The molecule has 10 heteroatoms. The second kappa shape index (κ2) is 11.2. The van der Waals surface area contributed by atoms with Gasteiger partial charge in [-0.1, -0.05) is 52.0 Å². The Morgan fingerprint density at radius 2 is 1.79 bits per heavy atom. The van der Waals surface area contributed by atoms with Crippen molar-refractivity contribution in [2.45, 2.75) is 34.2 Å². The van der Waals surface area contributed by atoms with Gasteiger partial charge in [0.25, 0.3) is 5.91 Å². The number of para-hydroxylation sites is 1. The first-order valence-corrected chi connectivity index (χ1v) is 12.5. The number of rotatable bonds is 9. The van der Waals surface area contributed by atoms with E-state index in [2.05, 4.69) is 15.3 Å². The molecular formula is C29H31N7O3. The number of carbonyl (C=O) groups is 1. The molecule has 0 saturated heterocycles. The molecule has 2 aromatic carbocycles. The molecular weight excluding hydrogens is 494 g/mol. The molecule has 0 aliphatic rings. The lowest BCUT2D eigenvalue weighted by Gasteiger charge is -2.25. The fraction of sp³-hybridized carbons (Fsp3) is 0.276. The number of aromatic nitrogens is 4. The summed E-state index contributed by atoms with van der Waals surface area (Å²) in [6.45, 7) is 8.09. The quantitative estimate of drug-likeness (QED) is 0.246. The van der Waals surface area contributed by atoms with Crippen molar-refractivity contribution in [1.82, 2.24) is 24.4 Å². The normalized spacial score (nSPS) is 11.9. The van der Waals surface area contributed by atoms with E-state index in [1.54, 1.807) is 30.3 Å². The number of nitrogen functional groups attached to an aromatic ring is 1. The third-order valence-electron chi connectivity index (χ3n) is 5.99. The number of nitrogens with one attached hydrogen (secondary N) is 1. The summed E-state index contributed by atoms with van der Waals surface area (Å²) in [5, 5.41) is 12.2. The number of carbonyl (C=O) groups excluding carboxylic acids is 1. The van der Waals surface area contributed by atoms with E-state index in [-0.39, 0.29) is 36.1 Å². The summed E-state index contributed by atoms with van der Waals surface area (Å²) in [5.41, 5.74) is 6.73. The average molecular weight is 526 g/mol. The molecule has 1 amide bonds. The minimum Gasteiger partial charge on any atom is -0.457 e. The maximum Gasteiger partial charge on any atom is 0.335 e. The van der Waals surface area contributed by atoms with E-state index in [1.165, 1.54) is 15.5 Å². The van der Waals surface area contributed by atoms with Crippen LogP contribution in [0.3, 0.4) is 0 Å². The number of ether oxygens (including phenoxy) is 1. The van der Waals surface area contributed by atoms with Crippen LogP contribution in [0.1, 0.15) is 27.7 Å². The van der Waals surface area contributed by atoms with Gasteiger partial charge in [0.2, 0.25) is 0 Å². The van der Waals surface area contributed by atoms with Crippen LogP contribution in [0.4, 0.5) is 5.82 Å². The zero-order valence-electron chi connectivity index (χ0n) is 22.4. The maximum absolute atomic E-state index is 13.7. The van der Waals surface area contributed by atoms with E-state index in [0.717, 1.165) is 0 Å². The van der Waals surface area contributed by atoms with Crippen LogP contribution < -0.4 is 21.5 Å². The second-order valence-corrected chi connectivity index (χ2v) is 10.3. The van der Waals surface area contributed by atoms with Crippen LogP contribution in [-0.2, 0) is 11.3 Å². The monoisotopic (exact) mass is 525 g/mol. The summed E-state index contributed by atoms with van der Waals surface area (Å²) in [7, 11) is 0. The second-order valence-electron chi connectivity index (χ2n) is 10.3. The molecule has 39 heavy (non-hydrogen) atoms. The Morgan fingerprint density at radius 3 is 2.44 bits per heavy atom. The standard InChI is InChI=1S/C29H31N7O3/c1-19(2)14-20(15-30)27(37)32-16-29(3,4)17-35-26-24(25(31)33-18-34-26)36(28(35)38)21-10-12-23(13-11-21)39-22-8-6-5-7-9-22/h5-14,18-19H,16-17H2,1-4H3,(H,32,37)(H2,31,33,34). The van der Waals surface area contributed by atoms with Gasteiger partial charge in [-0.2, -0.15) is 5.26 Å². The van der Waals surface area contributed by atoms with Gasteiger partial charge in [0.15, 0.2) is 11.5 Å². The van der Waals surface area contributed by atoms with Crippen molar-refractivity contribution in [3.05, 3.63) is 83.1 Å². The lowest BCUT2D eigenvalue weighted by atomic mass is 9.93. The van der Waals surface area contributed by atoms with Crippen molar-refractivity contribution in [3.8, 4) is 23.3 Å². The topological polar surface area (TPSA) is 141 Å². The molecule has 4 rings (SSSR count). The molecule has 10 nitrogen and oxygen atoms in total. The summed E-state index contributed by atoms with van der Waals surface area (Å²) in [6.07, 6.45) is 2.94. The number of imidazole rings is 1. The van der Waals surface area contributed by atoms with Gasteiger partial charge in [0, 0.05) is 18.5 Å². The smallest absolute Gasteiger partial charge is 0.335 e. The molecule has 0 bridgehead atoms. The largest absolute Gasteiger partial charge is 0.457 e. The van der Waals surface area contributed by atoms with Crippen LogP contribution in [-0.4, -0.2) is 31.6 Å². The van der Waals surface area contributed by atoms with Crippen molar-refractivity contribution in [2.24, 2.45) is 11.3 Å². The Morgan fingerprint density at radius 1 is 1.13 bits per heavy atom. The molecule has 0 aliphatic heterocycles. The number of anilines is 1. The number of nitrogens with zero attached hydrogens (tertiary/aromatic N) is 5. The summed E-state index contributed by atoms with van der Waals surface area (Å²) in [4.78, 5) is 34.8. The Labute approximate surface area is 226 Å². The van der Waals surface area contributed by atoms with Gasteiger partial charge in [0.1, 0.15) is 35.0 Å². The van der Waals surface area contributed by atoms with E-state index in [1.807, 2.05) is 64.1 Å². The van der Waals surface area contributed by atoms with E-state index >= 15 is 0 Å². The fourth-order valence-electron chi connectivity index (χ4n) is 4.17. The van der Waals surface area contributed by atoms with E-state index in [4.69, 9.17) is 10.5 Å². The van der Waals surface area contributed by atoms with Crippen molar-refractivity contribution in [3.63, 3.8) is 0 Å². The van der Waals surface area contributed by atoms with Crippen molar-refractivity contribution >= 4 is 22.9 Å². The average Bonchev–Trinajstić information content (AvgIpc) is 3.18. The highest BCUT2D eigenvalue weighted by Crippen LogP contribution is 2.26. The molecule has 4 aromatic rings. The first-order valence-electron chi connectivity index (χ1n) is 12.5. The van der Waals surface area contributed by atoms with Gasteiger partial charge in [-0.05, 0) is 42.3 Å². The molecule has 0 radical (unpaired) electrons. The van der Waals surface area contributed by atoms with Crippen molar-refractivity contribution in [2.75, 3.05) is 12.3 Å². The number of fused-ring (bicyclic) bond motifs is 1. The summed E-state index contributed by atoms with van der Waals surface area (Å²) in [6, 6.07) is 18.4. The van der Waals surface area contributed by atoms with Crippen LogP contribution in [0.2, 0.25) is 0 Å². The minimum absolute atomic E-state index is 0.0622. The van der Waals surface area contributed by atoms with Crippen molar-refractivity contribution in [1.29, 1.82) is 5.26 Å². The van der Waals surface area contributed by atoms with Gasteiger partial charge in [-0.25, -0.2) is 14.8 Å². The zero-order chi connectivity index (χ0) is 28.2. The number of hydrogen-bond acceptors (Lipinski definition) is 7. The Kier molecular flexibility index (Phi) is 7.81. The Bertz CT molecular complexity index is 1610. The highest BCUT2D eigenvalue weighted by atomic mass is 16.5. The van der Waals surface area contributed by atoms with Crippen LogP contribution >= 0.6 is 0 Å². The lowest BCUT2D eigenvalue weighted by molar-refractivity contribution is -0.117. The number of benzene rings is 2. The van der Waals surface area contributed by atoms with Crippen LogP contribution in [0.5, 0.6) is 11.5 Å². The summed E-state index contributed by atoms with van der Waals surface area (Å²) in [5.74, 6) is 1.10. The predicted octanol–water partition coefficient (Wildman–Crippen LogP) is 4.21. The molecule has 3 N–H and O–H groups in total. The maximum atomic E-state index is 13.7. The molecule has 0 unspecified atom stereocenters. The molecule has 2 aromatic heterocycles. The number of nitriles is 1. The number of amides is 1. The van der Waals surface area contributed by atoms with Gasteiger partial charge in [0.05, 0.1) is 5.69 Å². The molecule has 200 valence electrons. The molecule has 0 spiro atoms. The minimum atomic E-state index is -0.565. The highest BCUT2D eigenvalue weighted by molar-refractivity contribution is 5.97. The summed E-state index contributed by atoms with van der Waals surface area (Å²) >= 11 is 0. The molecule has 0 saturated carbocycles. The third-order valence-corrected chi connectivity index (χ3v) is 5.99. The van der Waals surface area contributed by atoms with E-state index in [0.29, 0.717) is 28.4 Å². The molecule has 2 heterocycles. The first-order chi connectivity index (χ1) is 18.6. The summed E-state index contributed by atoms with van der Waals surface area (Å²) < 4.78 is 8.88. The number of hydrogen-bond donors (Lipinski definition) is 2. The lowest BCUT2D eigenvalue weighted by Crippen LogP contribution is -2.39. The van der Waals surface area contributed by atoms with Crippen molar-refractivity contribution < 1.29 is 9.53 Å². The fourth-order valence-corrected chi connectivity index (χ4v) is 4.17. The molecule has 0 atom stereocenters. The zero-order valence-corrected chi connectivity index (χ0v) is 22.4. The first kappa shape index (κ1) is 27.1. The van der Waals surface area contributed by atoms with Crippen LogP contribution in [0.15, 0.2) is 77.4 Å². The number of nitrogens with two attached hydrogens (primary N) is 1. The van der Waals surface area contributed by atoms with E-state index in [9.17, 15) is 14.9 Å². The molecule has 0 fully saturated rings. The highest BCUT2D eigenvalue weighted by Gasteiger charge is 2.26. The van der Waals surface area contributed by atoms with Gasteiger partial charge >= 0.3 is 5.69 Å². The van der Waals surface area contributed by atoms with Gasteiger partial charge in [-0.15, -0.1) is 0 Å². The molecule has 0 aliphatic carbocycles.